The molecule has 2 atom stereocenters. The molecule has 1 aliphatic carbocycles. The summed E-state index contributed by atoms with van der Waals surface area (Å²) < 4.78 is 7.18. The van der Waals surface area contributed by atoms with E-state index in [0.29, 0.717) is 11.3 Å². The summed E-state index contributed by atoms with van der Waals surface area (Å²) in [5.74, 6) is -0.00269. The van der Waals surface area contributed by atoms with Gasteiger partial charge in [0.25, 0.3) is 0 Å². The van der Waals surface area contributed by atoms with E-state index in [1.54, 1.807) is 18.7 Å². The predicted octanol–water partition coefficient (Wildman–Crippen LogP) is 3.36. The molecule has 1 aromatic heterocycles. The Kier molecular flexibility index (Phi) is 6.30. The SMILES string of the molecule is Cc1nn(C)c(C)c1C(O)C(O)CCNC(=O)OCC1c2ccccc2-c2ccccc21. The highest BCUT2D eigenvalue weighted by molar-refractivity contribution is 5.79. The summed E-state index contributed by atoms with van der Waals surface area (Å²) in [7, 11) is 1.80. The summed E-state index contributed by atoms with van der Waals surface area (Å²) in [6.07, 6.45) is -2.43. The molecule has 4 rings (SSSR count). The number of aromatic nitrogens is 2. The molecule has 0 aliphatic heterocycles. The molecular weight excluding hydrogens is 406 g/mol. The Hall–Kier alpha value is -3.16. The Bertz CT molecular complexity index is 1080. The van der Waals surface area contributed by atoms with E-state index in [1.807, 2.05) is 31.2 Å². The fraction of sp³-hybridized carbons (Fsp3) is 0.360. The van der Waals surface area contributed by atoms with Gasteiger partial charge in [-0.25, -0.2) is 4.79 Å². The van der Waals surface area contributed by atoms with Gasteiger partial charge in [0.05, 0.1) is 11.8 Å². The summed E-state index contributed by atoms with van der Waals surface area (Å²) >= 11 is 0. The molecule has 0 fully saturated rings. The molecule has 168 valence electrons. The minimum atomic E-state index is -1.06. The Balaban J connectivity index is 1.30. The third-order valence-corrected chi connectivity index (χ3v) is 6.28. The fourth-order valence-electron chi connectivity index (χ4n) is 4.54. The van der Waals surface area contributed by atoms with Crippen molar-refractivity contribution in [2.45, 2.75) is 38.4 Å². The van der Waals surface area contributed by atoms with Crippen LogP contribution in [0.15, 0.2) is 48.5 Å². The Morgan fingerprint density at radius 3 is 2.25 bits per heavy atom. The van der Waals surface area contributed by atoms with Crippen molar-refractivity contribution >= 4 is 6.09 Å². The summed E-state index contributed by atoms with van der Waals surface area (Å²) in [6, 6.07) is 16.3. The number of nitrogens with zero attached hydrogens (tertiary/aromatic N) is 2. The number of amides is 1. The van der Waals surface area contributed by atoms with Crippen molar-refractivity contribution in [3.8, 4) is 11.1 Å². The molecule has 2 aromatic carbocycles. The molecule has 0 bridgehead atoms. The van der Waals surface area contributed by atoms with Gasteiger partial charge in [-0.15, -0.1) is 0 Å². The molecule has 0 saturated heterocycles. The quantitative estimate of drug-likeness (QED) is 0.529. The maximum Gasteiger partial charge on any atom is 0.407 e. The number of aliphatic hydroxyl groups excluding tert-OH is 2. The monoisotopic (exact) mass is 435 g/mol. The highest BCUT2D eigenvalue weighted by Gasteiger charge is 2.29. The normalized spacial score (nSPS) is 14.5. The zero-order valence-corrected chi connectivity index (χ0v) is 18.6. The molecule has 3 N–H and O–H groups in total. The smallest absolute Gasteiger partial charge is 0.407 e. The maximum absolute atomic E-state index is 12.3. The van der Waals surface area contributed by atoms with Crippen LogP contribution < -0.4 is 5.32 Å². The van der Waals surface area contributed by atoms with Gasteiger partial charge < -0.3 is 20.3 Å². The number of carbonyl (C=O) groups is 1. The van der Waals surface area contributed by atoms with Crippen molar-refractivity contribution in [1.29, 1.82) is 0 Å². The van der Waals surface area contributed by atoms with E-state index in [9.17, 15) is 15.0 Å². The minimum Gasteiger partial charge on any atom is -0.449 e. The van der Waals surface area contributed by atoms with Crippen LogP contribution in [0, 0.1) is 13.8 Å². The van der Waals surface area contributed by atoms with Gasteiger partial charge in [0, 0.05) is 30.8 Å². The van der Waals surface area contributed by atoms with Crippen LogP contribution >= 0.6 is 0 Å². The van der Waals surface area contributed by atoms with Crippen molar-refractivity contribution < 1.29 is 19.7 Å². The number of aliphatic hydroxyl groups is 2. The molecular formula is C25H29N3O4. The van der Waals surface area contributed by atoms with Crippen LogP contribution in [0.2, 0.25) is 0 Å². The molecule has 0 radical (unpaired) electrons. The molecule has 1 heterocycles. The molecule has 1 aliphatic rings. The Morgan fingerprint density at radius 2 is 1.69 bits per heavy atom. The van der Waals surface area contributed by atoms with Crippen LogP contribution in [0.25, 0.3) is 11.1 Å². The van der Waals surface area contributed by atoms with E-state index in [2.05, 4.69) is 34.7 Å². The molecule has 3 aromatic rings. The van der Waals surface area contributed by atoms with Gasteiger partial charge in [0.2, 0.25) is 0 Å². The second kappa shape index (κ2) is 9.14. The zero-order chi connectivity index (χ0) is 22.8. The third kappa shape index (κ3) is 4.13. The van der Waals surface area contributed by atoms with Gasteiger partial charge >= 0.3 is 6.09 Å². The number of carbonyl (C=O) groups excluding carboxylic acids is 1. The van der Waals surface area contributed by atoms with Gasteiger partial charge in [-0.05, 0) is 42.5 Å². The second-order valence-electron chi connectivity index (χ2n) is 8.26. The summed E-state index contributed by atoms with van der Waals surface area (Å²) in [5, 5.41) is 27.8. The molecule has 1 amide bonds. The standard InChI is InChI=1S/C25H29N3O4/c1-15-23(16(2)28(3)27-15)24(30)22(29)12-13-26-25(31)32-14-21-19-10-6-4-8-17(19)18-9-5-7-11-20(18)21/h4-11,21-22,24,29-30H,12-14H2,1-3H3,(H,26,31). The number of benzene rings is 2. The maximum atomic E-state index is 12.3. The first-order chi connectivity index (χ1) is 15.4. The van der Waals surface area contributed by atoms with Gasteiger partial charge in [0.15, 0.2) is 0 Å². The van der Waals surface area contributed by atoms with E-state index in [1.165, 1.54) is 11.1 Å². The predicted molar refractivity (Wildman–Crippen MR) is 121 cm³/mol. The Morgan fingerprint density at radius 1 is 1.09 bits per heavy atom. The molecule has 7 nitrogen and oxygen atoms in total. The zero-order valence-electron chi connectivity index (χ0n) is 18.6. The van der Waals surface area contributed by atoms with Crippen molar-refractivity contribution in [2.24, 2.45) is 7.05 Å². The van der Waals surface area contributed by atoms with Crippen LogP contribution in [0.3, 0.4) is 0 Å². The Labute approximate surface area is 187 Å². The van der Waals surface area contributed by atoms with Gasteiger partial charge in [-0.1, -0.05) is 48.5 Å². The van der Waals surface area contributed by atoms with E-state index in [4.69, 9.17) is 4.74 Å². The molecule has 32 heavy (non-hydrogen) atoms. The van der Waals surface area contributed by atoms with Crippen molar-refractivity contribution in [1.82, 2.24) is 15.1 Å². The van der Waals surface area contributed by atoms with Crippen LogP contribution in [0.5, 0.6) is 0 Å². The lowest BCUT2D eigenvalue weighted by Crippen LogP contribution is -2.31. The van der Waals surface area contributed by atoms with Crippen molar-refractivity contribution in [3.05, 3.63) is 76.6 Å². The number of hydrogen-bond donors (Lipinski definition) is 3. The van der Waals surface area contributed by atoms with Crippen LogP contribution in [0.4, 0.5) is 4.79 Å². The van der Waals surface area contributed by atoms with E-state index in [-0.39, 0.29) is 25.5 Å². The first kappa shape index (κ1) is 22.0. The summed E-state index contributed by atoms with van der Waals surface area (Å²) in [6.45, 7) is 4.07. The van der Waals surface area contributed by atoms with Crippen LogP contribution in [-0.2, 0) is 11.8 Å². The molecule has 2 unspecified atom stereocenters. The van der Waals surface area contributed by atoms with Gasteiger partial charge in [0.1, 0.15) is 12.7 Å². The topological polar surface area (TPSA) is 96.6 Å². The number of aryl methyl sites for hydroxylation is 2. The minimum absolute atomic E-state index is 0.00269. The van der Waals surface area contributed by atoms with E-state index in [0.717, 1.165) is 16.8 Å². The van der Waals surface area contributed by atoms with Crippen molar-refractivity contribution in [2.75, 3.05) is 13.2 Å². The molecule has 0 spiro atoms. The summed E-state index contributed by atoms with van der Waals surface area (Å²) in [4.78, 5) is 12.3. The van der Waals surface area contributed by atoms with E-state index < -0.39 is 18.3 Å². The lowest BCUT2D eigenvalue weighted by atomic mass is 9.98. The fourth-order valence-corrected chi connectivity index (χ4v) is 4.54. The first-order valence-electron chi connectivity index (χ1n) is 10.8. The van der Waals surface area contributed by atoms with Crippen LogP contribution in [0.1, 0.15) is 46.5 Å². The highest BCUT2D eigenvalue weighted by atomic mass is 16.5. The van der Waals surface area contributed by atoms with Crippen molar-refractivity contribution in [3.63, 3.8) is 0 Å². The average Bonchev–Trinajstić information content (AvgIpc) is 3.24. The average molecular weight is 436 g/mol. The largest absolute Gasteiger partial charge is 0.449 e. The number of hydrogen-bond acceptors (Lipinski definition) is 5. The van der Waals surface area contributed by atoms with Gasteiger partial charge in [-0.2, -0.15) is 5.10 Å². The van der Waals surface area contributed by atoms with Gasteiger partial charge in [-0.3, -0.25) is 4.68 Å². The number of rotatable bonds is 7. The second-order valence-corrected chi connectivity index (χ2v) is 8.26. The summed E-state index contributed by atoms with van der Waals surface area (Å²) in [5.41, 5.74) is 6.77. The lowest BCUT2D eigenvalue weighted by molar-refractivity contribution is 0.0129. The number of nitrogens with one attached hydrogen (secondary N) is 1. The van der Waals surface area contributed by atoms with Crippen LogP contribution in [-0.4, -0.2) is 45.3 Å². The van der Waals surface area contributed by atoms with E-state index >= 15 is 0 Å². The number of alkyl carbamates (subject to hydrolysis) is 1. The first-order valence-corrected chi connectivity index (χ1v) is 10.8. The number of ether oxygens (including phenoxy) is 1. The third-order valence-electron chi connectivity index (χ3n) is 6.28. The highest BCUT2D eigenvalue weighted by Crippen LogP contribution is 2.44. The molecule has 7 heteroatoms. The lowest BCUT2D eigenvalue weighted by Gasteiger charge is -2.19. The molecule has 0 saturated carbocycles. The number of fused-ring (bicyclic) bond motifs is 3.